The van der Waals surface area contributed by atoms with Crippen LogP contribution in [-0.2, 0) is 4.79 Å². The molecule has 0 aliphatic heterocycles. The van der Waals surface area contributed by atoms with E-state index in [0.29, 0.717) is 5.69 Å². The fourth-order valence-corrected chi connectivity index (χ4v) is 2.41. The Balaban J connectivity index is 1.94. The van der Waals surface area contributed by atoms with Crippen molar-refractivity contribution in [2.45, 2.75) is 33.2 Å². The minimum absolute atomic E-state index is 0.0227. The molecule has 0 saturated heterocycles. The van der Waals surface area contributed by atoms with Gasteiger partial charge in [0.1, 0.15) is 0 Å². The summed E-state index contributed by atoms with van der Waals surface area (Å²) < 4.78 is 0. The van der Waals surface area contributed by atoms with Gasteiger partial charge in [-0.15, -0.1) is 0 Å². The van der Waals surface area contributed by atoms with E-state index in [-0.39, 0.29) is 11.9 Å². The van der Waals surface area contributed by atoms with Crippen LogP contribution >= 0.6 is 0 Å². The number of rotatable bonds is 5. The molecule has 110 valence electrons. The molecule has 20 heavy (non-hydrogen) atoms. The van der Waals surface area contributed by atoms with Gasteiger partial charge in [0.15, 0.2) is 0 Å². The number of amides is 1. The van der Waals surface area contributed by atoms with Gasteiger partial charge in [0.25, 0.3) is 0 Å². The maximum absolute atomic E-state index is 12.3. The van der Waals surface area contributed by atoms with Crippen LogP contribution in [0.4, 0.5) is 11.4 Å². The number of carbonyl (C=O) groups excluding carboxylic acids is 1. The molecule has 4 heteroatoms. The second-order valence-electron chi connectivity index (χ2n) is 6.10. The third kappa shape index (κ3) is 3.31. The number of nitrogens with one attached hydrogen (secondary N) is 1. The third-order valence-corrected chi connectivity index (χ3v) is 4.47. The molecule has 1 amide bonds. The summed E-state index contributed by atoms with van der Waals surface area (Å²) in [6.07, 6.45) is 1.28. The second kappa shape index (κ2) is 5.83. The Morgan fingerprint density at radius 2 is 2.20 bits per heavy atom. The molecule has 2 rings (SSSR count). The van der Waals surface area contributed by atoms with Gasteiger partial charge in [0, 0.05) is 17.9 Å². The molecule has 1 aliphatic carbocycles. The number of carbonyl (C=O) groups is 1. The summed E-state index contributed by atoms with van der Waals surface area (Å²) in [6, 6.07) is 5.45. The average molecular weight is 275 g/mol. The smallest absolute Gasteiger partial charge is 0.241 e. The van der Waals surface area contributed by atoms with Gasteiger partial charge in [0.2, 0.25) is 5.91 Å². The molecule has 1 aromatic rings. The van der Waals surface area contributed by atoms with Crippen LogP contribution in [0.15, 0.2) is 18.2 Å². The Hall–Kier alpha value is -1.55. The van der Waals surface area contributed by atoms with Crippen LogP contribution in [-0.4, -0.2) is 30.4 Å². The topological polar surface area (TPSA) is 58.4 Å². The number of nitrogens with two attached hydrogens (primary N) is 1. The van der Waals surface area contributed by atoms with Crippen molar-refractivity contribution in [2.24, 2.45) is 11.8 Å². The Morgan fingerprint density at radius 1 is 1.55 bits per heavy atom. The van der Waals surface area contributed by atoms with Gasteiger partial charge in [-0.25, -0.2) is 0 Å². The first-order chi connectivity index (χ1) is 9.40. The van der Waals surface area contributed by atoms with Crippen LogP contribution in [0.5, 0.6) is 0 Å². The Morgan fingerprint density at radius 3 is 2.80 bits per heavy atom. The predicted octanol–water partition coefficient (Wildman–Crippen LogP) is 2.49. The molecule has 1 aliphatic rings. The predicted molar refractivity (Wildman–Crippen MR) is 83.6 cm³/mol. The van der Waals surface area contributed by atoms with E-state index in [9.17, 15) is 4.79 Å². The summed E-state index contributed by atoms with van der Waals surface area (Å²) in [7, 11) is 2.02. The number of nitrogens with zero attached hydrogens (tertiary/aromatic N) is 1. The highest BCUT2D eigenvalue weighted by atomic mass is 16.2. The lowest BCUT2D eigenvalue weighted by molar-refractivity contribution is -0.120. The molecule has 0 aromatic heterocycles. The molecule has 3 atom stereocenters. The molecule has 0 heterocycles. The average Bonchev–Trinajstić information content (AvgIpc) is 3.09. The first kappa shape index (κ1) is 14.9. The fourth-order valence-electron chi connectivity index (χ4n) is 2.41. The van der Waals surface area contributed by atoms with Crippen LogP contribution in [0.1, 0.15) is 25.8 Å². The van der Waals surface area contributed by atoms with Crippen LogP contribution in [0, 0.1) is 18.8 Å². The van der Waals surface area contributed by atoms with Gasteiger partial charge in [0.05, 0.1) is 6.04 Å². The highest BCUT2D eigenvalue weighted by molar-refractivity contribution is 5.95. The lowest BCUT2D eigenvalue weighted by atomic mass is 10.1. The summed E-state index contributed by atoms with van der Waals surface area (Å²) in [6.45, 7) is 7.13. The van der Waals surface area contributed by atoms with Gasteiger partial charge in [-0.1, -0.05) is 13.0 Å². The second-order valence-corrected chi connectivity index (χ2v) is 6.10. The summed E-state index contributed by atoms with van der Waals surface area (Å²) >= 11 is 0. The third-order valence-electron chi connectivity index (χ3n) is 4.47. The number of likely N-dealkylation sites (N-methyl/N-ethyl adjacent to an activating group) is 1. The molecule has 0 radical (unpaired) electrons. The van der Waals surface area contributed by atoms with E-state index in [4.69, 9.17) is 5.73 Å². The molecular formula is C16H25N3O. The van der Waals surface area contributed by atoms with Crippen molar-refractivity contribution >= 4 is 17.3 Å². The van der Waals surface area contributed by atoms with Crippen molar-refractivity contribution in [3.05, 3.63) is 23.8 Å². The van der Waals surface area contributed by atoms with E-state index in [1.54, 1.807) is 0 Å². The largest absolute Gasteiger partial charge is 0.398 e. The van der Waals surface area contributed by atoms with E-state index in [1.807, 2.05) is 39.1 Å². The molecule has 1 saturated carbocycles. The number of anilines is 2. The molecule has 0 bridgehead atoms. The number of hydrogen-bond acceptors (Lipinski definition) is 3. The first-order valence-electron chi connectivity index (χ1n) is 7.26. The Bertz CT molecular complexity index is 500. The zero-order valence-electron chi connectivity index (χ0n) is 12.8. The molecule has 3 unspecified atom stereocenters. The maximum atomic E-state index is 12.3. The van der Waals surface area contributed by atoms with Crippen LogP contribution in [0.25, 0.3) is 0 Å². The quantitative estimate of drug-likeness (QED) is 0.812. The van der Waals surface area contributed by atoms with Crippen molar-refractivity contribution in [3.8, 4) is 0 Å². The lowest BCUT2D eigenvalue weighted by Crippen LogP contribution is -2.40. The standard InChI is InChI=1S/C16H25N3O/c1-10-8-13(10)9-19(4)12(3)16(20)18-15-7-5-6-14(17)11(15)2/h5-7,10,12-13H,8-9,17H2,1-4H3,(H,18,20). The van der Waals surface area contributed by atoms with E-state index >= 15 is 0 Å². The van der Waals surface area contributed by atoms with Crippen LogP contribution in [0.2, 0.25) is 0 Å². The Labute approximate surface area is 121 Å². The molecule has 3 N–H and O–H groups in total. The van der Waals surface area contributed by atoms with Crippen molar-refractivity contribution < 1.29 is 4.79 Å². The summed E-state index contributed by atoms with van der Waals surface area (Å²) in [5.74, 6) is 1.59. The summed E-state index contributed by atoms with van der Waals surface area (Å²) in [4.78, 5) is 14.4. The Kier molecular flexibility index (Phi) is 4.33. The van der Waals surface area contributed by atoms with E-state index in [0.717, 1.165) is 29.6 Å². The minimum Gasteiger partial charge on any atom is -0.398 e. The van der Waals surface area contributed by atoms with Gasteiger partial charge >= 0.3 is 0 Å². The normalized spacial score (nSPS) is 22.6. The van der Waals surface area contributed by atoms with Gasteiger partial charge in [-0.2, -0.15) is 0 Å². The SMILES string of the molecule is Cc1c(N)cccc1NC(=O)C(C)N(C)CC1CC1C. The monoisotopic (exact) mass is 275 g/mol. The van der Waals surface area contributed by atoms with E-state index in [1.165, 1.54) is 6.42 Å². The number of nitrogen functional groups attached to an aromatic ring is 1. The minimum atomic E-state index is -0.136. The van der Waals surface area contributed by atoms with Crippen molar-refractivity contribution in [3.63, 3.8) is 0 Å². The molecule has 0 spiro atoms. The fraction of sp³-hybridized carbons (Fsp3) is 0.562. The van der Waals surface area contributed by atoms with Gasteiger partial charge in [-0.05, 0) is 56.8 Å². The summed E-state index contributed by atoms with van der Waals surface area (Å²) in [5, 5.41) is 2.98. The van der Waals surface area contributed by atoms with E-state index < -0.39 is 0 Å². The van der Waals surface area contributed by atoms with Crippen molar-refractivity contribution in [2.75, 3.05) is 24.6 Å². The van der Waals surface area contributed by atoms with E-state index in [2.05, 4.69) is 17.1 Å². The summed E-state index contributed by atoms with van der Waals surface area (Å²) in [5.41, 5.74) is 8.29. The van der Waals surface area contributed by atoms with Crippen LogP contribution in [0.3, 0.4) is 0 Å². The molecular weight excluding hydrogens is 250 g/mol. The van der Waals surface area contributed by atoms with Crippen molar-refractivity contribution in [1.82, 2.24) is 4.90 Å². The number of benzene rings is 1. The van der Waals surface area contributed by atoms with Crippen LogP contribution < -0.4 is 11.1 Å². The first-order valence-corrected chi connectivity index (χ1v) is 7.26. The van der Waals surface area contributed by atoms with Crippen molar-refractivity contribution in [1.29, 1.82) is 0 Å². The molecule has 4 nitrogen and oxygen atoms in total. The maximum Gasteiger partial charge on any atom is 0.241 e. The number of hydrogen-bond donors (Lipinski definition) is 2. The zero-order chi connectivity index (χ0) is 14.9. The van der Waals surface area contributed by atoms with Gasteiger partial charge < -0.3 is 11.1 Å². The van der Waals surface area contributed by atoms with Gasteiger partial charge in [-0.3, -0.25) is 9.69 Å². The molecule has 1 fully saturated rings. The highest BCUT2D eigenvalue weighted by Gasteiger charge is 2.34. The zero-order valence-corrected chi connectivity index (χ0v) is 12.8. The lowest BCUT2D eigenvalue weighted by Gasteiger charge is -2.24. The highest BCUT2D eigenvalue weighted by Crippen LogP contribution is 2.38. The molecule has 1 aromatic carbocycles.